The van der Waals surface area contributed by atoms with Crippen molar-refractivity contribution in [1.29, 1.82) is 0 Å². The molecule has 8 atom stereocenters. The van der Waals surface area contributed by atoms with Crippen LogP contribution in [0.1, 0.15) is 78.1 Å². The van der Waals surface area contributed by atoms with Crippen LogP contribution in [0.25, 0.3) is 0 Å². The smallest absolute Gasteiger partial charge is 0.150 e. The summed E-state index contributed by atoms with van der Waals surface area (Å²) in [6.07, 6.45) is 12.1. The van der Waals surface area contributed by atoms with E-state index in [-0.39, 0.29) is 17.4 Å². The predicted octanol–water partition coefficient (Wildman–Crippen LogP) is 4.30. The number of rotatable bonds is 3. The first-order valence-electron chi connectivity index (χ1n) is 13.3. The van der Waals surface area contributed by atoms with Gasteiger partial charge in [-0.2, -0.15) is 0 Å². The van der Waals surface area contributed by atoms with Crippen LogP contribution in [0.15, 0.2) is 0 Å². The Morgan fingerprint density at radius 2 is 1.71 bits per heavy atom. The van der Waals surface area contributed by atoms with Gasteiger partial charge in [0.15, 0.2) is 0 Å². The minimum Gasteiger partial charge on any atom is -0.393 e. The van der Waals surface area contributed by atoms with Gasteiger partial charge in [0.25, 0.3) is 0 Å². The van der Waals surface area contributed by atoms with Crippen LogP contribution >= 0.6 is 0 Å². The van der Waals surface area contributed by atoms with E-state index in [1.54, 1.807) is 0 Å². The Hall–Kier alpha value is -0.450. The fraction of sp³-hybridized carbons (Fsp3) is 0.963. The largest absolute Gasteiger partial charge is 0.393 e. The van der Waals surface area contributed by atoms with Crippen molar-refractivity contribution >= 4 is 5.78 Å². The molecule has 0 aromatic heterocycles. The maximum absolute atomic E-state index is 13.6. The molecule has 4 aliphatic carbocycles. The van der Waals surface area contributed by atoms with Crippen molar-refractivity contribution < 1.29 is 14.6 Å². The molecular weight excluding hydrogens is 386 g/mol. The summed E-state index contributed by atoms with van der Waals surface area (Å²) >= 11 is 0. The third-order valence-corrected chi connectivity index (χ3v) is 11.6. The molecule has 0 aromatic rings. The quantitative estimate of drug-likeness (QED) is 0.727. The normalized spacial score (nSPS) is 51.1. The fourth-order valence-corrected chi connectivity index (χ4v) is 9.88. The summed E-state index contributed by atoms with van der Waals surface area (Å²) in [7, 11) is 0. The maximum atomic E-state index is 13.6. The van der Waals surface area contributed by atoms with E-state index in [2.05, 4.69) is 18.7 Å². The molecule has 2 heterocycles. The molecule has 4 saturated carbocycles. The average Bonchev–Trinajstić information content (AvgIpc) is 2.68. The van der Waals surface area contributed by atoms with Gasteiger partial charge < -0.3 is 9.84 Å². The van der Waals surface area contributed by atoms with Gasteiger partial charge in [0.1, 0.15) is 5.78 Å². The Kier molecular flexibility index (Phi) is 4.95. The minimum atomic E-state index is -0.0627. The monoisotopic (exact) mass is 429 g/mol. The summed E-state index contributed by atoms with van der Waals surface area (Å²) in [6.45, 7) is 9.70. The molecule has 6 rings (SSSR count). The summed E-state index contributed by atoms with van der Waals surface area (Å²) in [5, 5.41) is 10.3. The lowest BCUT2D eigenvalue weighted by atomic mass is 9.41. The highest BCUT2D eigenvalue weighted by atomic mass is 16.5. The van der Waals surface area contributed by atoms with Crippen molar-refractivity contribution in [2.24, 2.45) is 45.8 Å². The third kappa shape index (κ3) is 3.14. The third-order valence-electron chi connectivity index (χ3n) is 11.6. The molecule has 0 amide bonds. The Bertz CT molecular complexity index is 726. The number of aliphatic hydroxyl groups is 1. The second-order valence-corrected chi connectivity index (χ2v) is 13.2. The van der Waals surface area contributed by atoms with Gasteiger partial charge >= 0.3 is 0 Å². The lowest BCUT2D eigenvalue weighted by Gasteiger charge is -2.63. The van der Waals surface area contributed by atoms with E-state index in [4.69, 9.17) is 4.74 Å². The van der Waals surface area contributed by atoms with Crippen LogP contribution in [0.3, 0.4) is 0 Å². The van der Waals surface area contributed by atoms with E-state index in [1.165, 1.54) is 44.9 Å². The van der Waals surface area contributed by atoms with E-state index in [0.717, 1.165) is 69.2 Å². The molecule has 0 unspecified atom stereocenters. The molecule has 0 bridgehead atoms. The van der Waals surface area contributed by atoms with Crippen LogP contribution in [0.4, 0.5) is 0 Å². The number of ketones is 1. The molecule has 1 N–H and O–H groups in total. The molecule has 31 heavy (non-hydrogen) atoms. The number of Topliss-reactive ketones (excluding diaryl/α,β-unsaturated/α-hetero) is 1. The highest BCUT2D eigenvalue weighted by Crippen LogP contribution is 2.66. The average molecular weight is 430 g/mol. The lowest BCUT2D eigenvalue weighted by Crippen LogP contribution is -2.67. The Morgan fingerprint density at radius 1 is 0.968 bits per heavy atom. The van der Waals surface area contributed by atoms with Crippen LogP contribution < -0.4 is 0 Å². The van der Waals surface area contributed by atoms with Gasteiger partial charge in [-0.15, -0.1) is 0 Å². The first-order chi connectivity index (χ1) is 14.8. The summed E-state index contributed by atoms with van der Waals surface area (Å²) in [4.78, 5) is 16.0. The number of aliphatic hydroxyl groups excluding tert-OH is 1. The lowest BCUT2D eigenvalue weighted by molar-refractivity contribution is -0.192. The molecule has 4 heteroatoms. The number of ether oxygens (including phenoxy) is 1. The highest BCUT2D eigenvalue weighted by Gasteiger charge is 2.60. The van der Waals surface area contributed by atoms with Crippen molar-refractivity contribution in [2.45, 2.75) is 84.2 Å². The van der Waals surface area contributed by atoms with Crippen LogP contribution in [-0.4, -0.2) is 54.7 Å². The minimum absolute atomic E-state index is 0.0627. The number of hydrogen-bond donors (Lipinski definition) is 1. The highest BCUT2D eigenvalue weighted by molar-refractivity contribution is 5.84. The zero-order chi connectivity index (χ0) is 21.4. The summed E-state index contributed by atoms with van der Waals surface area (Å²) < 4.78 is 5.41. The molecule has 4 nitrogen and oxygen atoms in total. The number of carbonyl (C=O) groups is 1. The molecule has 6 aliphatic rings. The van der Waals surface area contributed by atoms with Gasteiger partial charge in [-0.05, 0) is 92.3 Å². The van der Waals surface area contributed by atoms with Gasteiger partial charge in [-0.1, -0.05) is 20.3 Å². The van der Waals surface area contributed by atoms with Crippen molar-refractivity contribution in [3.8, 4) is 0 Å². The zero-order valence-corrected chi connectivity index (χ0v) is 19.8. The second-order valence-electron chi connectivity index (χ2n) is 13.2. The van der Waals surface area contributed by atoms with Crippen molar-refractivity contribution in [3.05, 3.63) is 0 Å². The van der Waals surface area contributed by atoms with Crippen LogP contribution in [0.5, 0.6) is 0 Å². The van der Waals surface area contributed by atoms with Gasteiger partial charge in [-0.3, -0.25) is 9.69 Å². The maximum Gasteiger partial charge on any atom is 0.150 e. The van der Waals surface area contributed by atoms with Crippen molar-refractivity contribution in [1.82, 2.24) is 4.90 Å². The number of fused-ring (bicyclic) bond motifs is 5. The standard InChI is InChI=1S/C27H43NO3/c1-25-10-8-19(29)12-18(25)6-7-20-21-4-3-5-23(26(21,2)11-9-22(20)25)24(30)13-28-14-27(15-28)16-31-17-27/h18-23,29H,3-17H2,1-2H3/t18-,19+,20-,21-,22-,23+,25-,26-/m0/s1. The molecule has 1 spiro atoms. The molecule has 0 radical (unpaired) electrons. The molecule has 6 fully saturated rings. The van der Waals surface area contributed by atoms with Gasteiger partial charge in [-0.25, -0.2) is 0 Å². The fourth-order valence-electron chi connectivity index (χ4n) is 9.88. The van der Waals surface area contributed by atoms with Gasteiger partial charge in [0.05, 0.1) is 25.9 Å². The Morgan fingerprint density at radius 3 is 2.45 bits per heavy atom. The number of nitrogens with zero attached hydrogens (tertiary/aromatic N) is 1. The van der Waals surface area contributed by atoms with Crippen molar-refractivity contribution in [3.63, 3.8) is 0 Å². The van der Waals surface area contributed by atoms with E-state index < -0.39 is 0 Å². The van der Waals surface area contributed by atoms with Crippen LogP contribution in [0.2, 0.25) is 0 Å². The second kappa shape index (κ2) is 7.27. The zero-order valence-electron chi connectivity index (χ0n) is 19.8. The van der Waals surface area contributed by atoms with E-state index >= 15 is 0 Å². The molecule has 0 aromatic carbocycles. The Labute approximate surface area is 188 Å². The summed E-state index contributed by atoms with van der Waals surface area (Å²) in [5.41, 5.74) is 1.05. The van der Waals surface area contributed by atoms with Crippen molar-refractivity contribution in [2.75, 3.05) is 32.8 Å². The SMILES string of the molecule is C[C@]12CC[C@@H](O)C[C@@H]1CC[C@@H]1[C@@H]2CC[C@]2(C)[C@@H](C(=O)CN3CC4(COC4)C3)CCC[C@@H]12. The van der Waals surface area contributed by atoms with Crippen LogP contribution in [0, 0.1) is 45.8 Å². The first kappa shape index (κ1) is 21.1. The van der Waals surface area contributed by atoms with Crippen LogP contribution in [-0.2, 0) is 9.53 Å². The molecule has 174 valence electrons. The number of hydrogen-bond acceptors (Lipinski definition) is 4. The molecular formula is C27H43NO3. The van der Waals surface area contributed by atoms with E-state index in [1.807, 2.05) is 0 Å². The van der Waals surface area contributed by atoms with Gasteiger partial charge in [0.2, 0.25) is 0 Å². The predicted molar refractivity (Wildman–Crippen MR) is 121 cm³/mol. The number of likely N-dealkylation sites (tertiary alicyclic amines) is 1. The van der Waals surface area contributed by atoms with E-state index in [0.29, 0.717) is 23.2 Å². The summed E-state index contributed by atoms with van der Waals surface area (Å²) in [6, 6.07) is 0. The van der Waals surface area contributed by atoms with Gasteiger partial charge in [0, 0.05) is 24.4 Å². The topological polar surface area (TPSA) is 49.8 Å². The molecule has 2 saturated heterocycles. The summed E-state index contributed by atoms with van der Waals surface area (Å²) in [5.74, 6) is 3.91. The molecule has 2 aliphatic heterocycles. The first-order valence-corrected chi connectivity index (χ1v) is 13.3. The number of carbonyl (C=O) groups excluding carboxylic acids is 1. The van der Waals surface area contributed by atoms with E-state index in [9.17, 15) is 9.90 Å². The Balaban J connectivity index is 1.17.